The first kappa shape index (κ1) is 17.6. The fraction of sp³-hybridized carbons (Fsp3) is 0.167. The lowest BCUT2D eigenvalue weighted by Gasteiger charge is -2.36. The van der Waals surface area contributed by atoms with Crippen LogP contribution in [-0.4, -0.2) is 21.4 Å². The van der Waals surface area contributed by atoms with E-state index in [4.69, 9.17) is 0 Å². The van der Waals surface area contributed by atoms with E-state index in [0.29, 0.717) is 0 Å². The first-order valence-electron chi connectivity index (χ1n) is 9.82. The molecule has 3 aromatic carbocycles. The van der Waals surface area contributed by atoms with Crippen LogP contribution in [0.1, 0.15) is 28.4 Å². The van der Waals surface area contributed by atoms with Crippen LogP contribution in [0.3, 0.4) is 0 Å². The second-order valence-corrected chi connectivity index (χ2v) is 7.52. The summed E-state index contributed by atoms with van der Waals surface area (Å²) in [7, 11) is 0. The van der Waals surface area contributed by atoms with Crippen LogP contribution >= 0.6 is 0 Å². The second kappa shape index (κ2) is 7.18. The van der Waals surface area contributed by atoms with Crippen molar-refractivity contribution < 1.29 is 4.92 Å². The van der Waals surface area contributed by atoms with Gasteiger partial charge in [0.2, 0.25) is 0 Å². The number of benzene rings is 3. The first-order chi connectivity index (χ1) is 14.2. The van der Waals surface area contributed by atoms with Gasteiger partial charge >= 0.3 is 0 Å². The van der Waals surface area contributed by atoms with E-state index in [0.717, 1.165) is 25.1 Å². The fourth-order valence-electron chi connectivity index (χ4n) is 4.43. The molecule has 144 valence electrons. The van der Waals surface area contributed by atoms with Crippen LogP contribution in [0.5, 0.6) is 0 Å². The van der Waals surface area contributed by atoms with Crippen molar-refractivity contribution >= 4 is 16.6 Å². The highest BCUT2D eigenvalue weighted by atomic mass is 16.6. The van der Waals surface area contributed by atoms with Gasteiger partial charge in [-0.15, -0.1) is 0 Å². The molecule has 0 aliphatic carbocycles. The normalized spacial score (nSPS) is 16.6. The van der Waals surface area contributed by atoms with Crippen molar-refractivity contribution in [2.24, 2.45) is 0 Å². The van der Waals surface area contributed by atoms with Crippen LogP contribution in [0.25, 0.3) is 10.9 Å². The highest BCUT2D eigenvalue weighted by Gasteiger charge is 2.31. The molecule has 0 bridgehead atoms. The van der Waals surface area contributed by atoms with Crippen molar-refractivity contribution in [3.05, 3.63) is 111 Å². The van der Waals surface area contributed by atoms with E-state index >= 15 is 0 Å². The van der Waals surface area contributed by atoms with Gasteiger partial charge in [0, 0.05) is 41.8 Å². The highest BCUT2D eigenvalue weighted by molar-refractivity contribution is 5.85. The van der Waals surface area contributed by atoms with Gasteiger partial charge in [0.05, 0.1) is 11.0 Å². The Morgan fingerprint density at radius 2 is 1.69 bits per heavy atom. The van der Waals surface area contributed by atoms with Crippen LogP contribution in [0.2, 0.25) is 0 Å². The van der Waals surface area contributed by atoms with Crippen molar-refractivity contribution in [2.45, 2.75) is 19.0 Å². The predicted molar refractivity (Wildman–Crippen MR) is 114 cm³/mol. The molecule has 0 saturated carbocycles. The smallest absolute Gasteiger partial charge is 0.269 e. The predicted octanol–water partition coefficient (Wildman–Crippen LogP) is 5.22. The van der Waals surface area contributed by atoms with Gasteiger partial charge in [0.1, 0.15) is 0 Å². The van der Waals surface area contributed by atoms with Gasteiger partial charge in [-0.2, -0.15) is 0 Å². The minimum Gasteiger partial charge on any atom is -0.357 e. The number of non-ortho nitro benzene ring substituents is 1. The molecule has 29 heavy (non-hydrogen) atoms. The number of H-pyrrole nitrogens is 1. The second-order valence-electron chi connectivity index (χ2n) is 7.52. The summed E-state index contributed by atoms with van der Waals surface area (Å²) in [6.45, 7) is 1.68. The first-order valence-corrected chi connectivity index (χ1v) is 9.82. The van der Waals surface area contributed by atoms with Gasteiger partial charge in [-0.3, -0.25) is 15.0 Å². The molecule has 0 radical (unpaired) electrons. The zero-order valence-corrected chi connectivity index (χ0v) is 15.9. The lowest BCUT2D eigenvalue weighted by Crippen LogP contribution is -2.35. The number of hydrogen-bond donors (Lipinski definition) is 1. The maximum absolute atomic E-state index is 11.0. The average molecular weight is 383 g/mol. The highest BCUT2D eigenvalue weighted by Crippen LogP contribution is 2.39. The fourth-order valence-corrected chi connectivity index (χ4v) is 4.43. The summed E-state index contributed by atoms with van der Waals surface area (Å²) < 4.78 is 0. The number of nitro groups is 1. The number of rotatable bonds is 4. The number of hydrogen-bond acceptors (Lipinski definition) is 3. The lowest BCUT2D eigenvalue weighted by molar-refractivity contribution is -0.384. The molecular weight excluding hydrogens is 362 g/mol. The van der Waals surface area contributed by atoms with Gasteiger partial charge < -0.3 is 4.98 Å². The number of para-hydroxylation sites is 1. The van der Waals surface area contributed by atoms with E-state index in [9.17, 15) is 10.1 Å². The van der Waals surface area contributed by atoms with E-state index in [1.807, 2.05) is 18.2 Å². The molecule has 1 aromatic heterocycles. The third-order valence-electron chi connectivity index (χ3n) is 5.78. The molecule has 1 unspecified atom stereocenters. The molecule has 5 heteroatoms. The number of nitrogens with one attached hydrogen (secondary N) is 1. The number of aromatic nitrogens is 1. The van der Waals surface area contributed by atoms with Crippen molar-refractivity contribution in [3.8, 4) is 0 Å². The third-order valence-corrected chi connectivity index (χ3v) is 5.78. The lowest BCUT2D eigenvalue weighted by atomic mass is 9.92. The van der Waals surface area contributed by atoms with E-state index in [1.54, 1.807) is 12.1 Å². The van der Waals surface area contributed by atoms with Crippen LogP contribution in [0.15, 0.2) is 78.9 Å². The van der Waals surface area contributed by atoms with E-state index < -0.39 is 0 Å². The van der Waals surface area contributed by atoms with Gasteiger partial charge in [-0.25, -0.2) is 0 Å². The zero-order chi connectivity index (χ0) is 19.8. The summed E-state index contributed by atoms with van der Waals surface area (Å²) in [6.07, 6.45) is 0.982. The monoisotopic (exact) mass is 383 g/mol. The Kier molecular flexibility index (Phi) is 4.37. The molecule has 1 aliphatic rings. The summed E-state index contributed by atoms with van der Waals surface area (Å²) in [5.41, 5.74) is 6.29. The Morgan fingerprint density at radius 1 is 0.966 bits per heavy atom. The summed E-state index contributed by atoms with van der Waals surface area (Å²) in [5, 5.41) is 12.3. The molecule has 0 spiro atoms. The topological polar surface area (TPSA) is 62.2 Å². The molecule has 0 amide bonds. The van der Waals surface area contributed by atoms with Crippen LogP contribution in [0, 0.1) is 10.1 Å². The summed E-state index contributed by atoms with van der Waals surface area (Å²) in [5.74, 6) is 0. The SMILES string of the molecule is O=[N+]([O-])c1ccc(CN2CCc3c([nH]c4ccccc34)C2c2ccccc2)cc1. The van der Waals surface area contributed by atoms with Crippen LogP contribution < -0.4 is 0 Å². The molecule has 0 fully saturated rings. The van der Waals surface area contributed by atoms with Crippen molar-refractivity contribution in [1.82, 2.24) is 9.88 Å². The molecule has 1 aliphatic heterocycles. The number of aromatic amines is 1. The van der Waals surface area contributed by atoms with Gasteiger partial charge in [0.25, 0.3) is 5.69 Å². The summed E-state index contributed by atoms with van der Waals surface area (Å²) >= 11 is 0. The Labute approximate surface area is 168 Å². The van der Waals surface area contributed by atoms with Crippen molar-refractivity contribution in [3.63, 3.8) is 0 Å². The average Bonchev–Trinajstić information content (AvgIpc) is 3.13. The van der Waals surface area contributed by atoms with Gasteiger partial charge in [-0.05, 0) is 29.2 Å². The summed E-state index contributed by atoms with van der Waals surface area (Å²) in [4.78, 5) is 16.7. The third kappa shape index (κ3) is 3.19. The number of fused-ring (bicyclic) bond motifs is 3. The molecule has 1 N–H and O–H groups in total. The molecule has 2 heterocycles. The molecule has 1 atom stereocenters. The quantitative estimate of drug-likeness (QED) is 0.388. The molecule has 5 rings (SSSR count). The Balaban J connectivity index is 1.55. The van der Waals surface area contributed by atoms with E-state index in [1.165, 1.54) is 27.7 Å². The standard InChI is InChI=1S/C24H21N3O2/c28-27(29)19-12-10-17(11-13-19)16-26-15-14-21-20-8-4-5-9-22(20)25-23(21)24(26)18-6-2-1-3-7-18/h1-13,24-25H,14-16H2. The van der Waals surface area contributed by atoms with E-state index in [-0.39, 0.29) is 16.7 Å². The number of nitro benzene ring substituents is 1. The van der Waals surface area contributed by atoms with Crippen LogP contribution in [-0.2, 0) is 13.0 Å². The molecule has 0 saturated heterocycles. The molecular formula is C24H21N3O2. The Morgan fingerprint density at radius 3 is 2.45 bits per heavy atom. The maximum atomic E-state index is 11.0. The largest absolute Gasteiger partial charge is 0.357 e. The van der Waals surface area contributed by atoms with Gasteiger partial charge in [-0.1, -0.05) is 60.7 Å². The van der Waals surface area contributed by atoms with Crippen molar-refractivity contribution in [2.75, 3.05) is 6.54 Å². The Hall–Kier alpha value is -3.44. The maximum Gasteiger partial charge on any atom is 0.269 e. The van der Waals surface area contributed by atoms with Crippen molar-refractivity contribution in [1.29, 1.82) is 0 Å². The zero-order valence-electron chi connectivity index (χ0n) is 15.9. The molecule has 5 nitrogen and oxygen atoms in total. The minimum absolute atomic E-state index is 0.127. The summed E-state index contributed by atoms with van der Waals surface area (Å²) in [6, 6.07) is 26.1. The van der Waals surface area contributed by atoms with Gasteiger partial charge in [0.15, 0.2) is 0 Å². The van der Waals surface area contributed by atoms with Crippen LogP contribution in [0.4, 0.5) is 5.69 Å². The number of nitrogens with zero attached hydrogens (tertiary/aromatic N) is 2. The Bertz CT molecular complexity index is 1170. The molecule has 4 aromatic rings. The van der Waals surface area contributed by atoms with E-state index in [2.05, 4.69) is 58.4 Å². The minimum atomic E-state index is -0.353.